The Hall–Kier alpha value is -3.19. The summed E-state index contributed by atoms with van der Waals surface area (Å²) in [6, 6.07) is -2.91. The molecule has 0 aliphatic rings. The van der Waals surface area contributed by atoms with Gasteiger partial charge in [0.05, 0.1) is 12.6 Å². The molecular formula is C13H20N6O7. The second kappa shape index (κ2) is 9.33. The largest absolute Gasteiger partial charge is 0.510 e. The van der Waals surface area contributed by atoms with Crippen LogP contribution in [0.4, 0.5) is 4.79 Å². The quantitative estimate of drug-likeness (QED) is 0.197. The monoisotopic (exact) mass is 372 g/mol. The molecule has 0 radical (unpaired) electrons. The number of hydrogen-bond donors (Lipinski definition) is 7. The molecule has 1 rings (SSSR count). The van der Waals surface area contributed by atoms with E-state index in [0.717, 1.165) is 6.92 Å². The summed E-state index contributed by atoms with van der Waals surface area (Å²) in [5, 5.41) is 35.0. The van der Waals surface area contributed by atoms with Crippen LogP contribution in [0, 0.1) is 0 Å². The van der Waals surface area contributed by atoms with E-state index in [1.54, 1.807) is 0 Å². The number of carbonyl (C=O) groups excluding carboxylic acids is 2. The number of urea groups is 1. The zero-order valence-corrected chi connectivity index (χ0v) is 13.8. The Labute approximate surface area is 147 Å². The molecule has 1 aromatic rings. The number of nitrogens with zero attached hydrogens (tertiary/aromatic N) is 2. The van der Waals surface area contributed by atoms with Crippen molar-refractivity contribution in [2.24, 2.45) is 11.5 Å². The number of aliphatic hydroxyl groups excluding tert-OH is 2. The van der Waals surface area contributed by atoms with Crippen LogP contribution >= 0.6 is 0 Å². The van der Waals surface area contributed by atoms with Crippen molar-refractivity contribution in [2.45, 2.75) is 31.8 Å². The van der Waals surface area contributed by atoms with Crippen molar-refractivity contribution in [3.05, 3.63) is 23.2 Å². The lowest BCUT2D eigenvalue weighted by Gasteiger charge is -2.15. The van der Waals surface area contributed by atoms with Gasteiger partial charge in [-0.15, -0.1) is 0 Å². The summed E-state index contributed by atoms with van der Waals surface area (Å²) in [6.45, 7) is 0.635. The molecule has 0 saturated heterocycles. The molecule has 0 aliphatic carbocycles. The molecule has 0 fully saturated rings. The van der Waals surface area contributed by atoms with Crippen LogP contribution in [-0.2, 0) is 9.59 Å². The number of aliphatic carboxylic acids is 1. The summed E-state index contributed by atoms with van der Waals surface area (Å²) in [7, 11) is 0. The van der Waals surface area contributed by atoms with E-state index >= 15 is 0 Å². The first kappa shape index (κ1) is 20.9. The summed E-state index contributed by atoms with van der Waals surface area (Å²) >= 11 is 0. The molecule has 2 atom stereocenters. The molecule has 0 aliphatic heterocycles. The number of hydrogen-bond acceptors (Lipinski definition) is 9. The Balaban J connectivity index is 2.94. The van der Waals surface area contributed by atoms with Crippen molar-refractivity contribution in [2.75, 3.05) is 6.61 Å². The maximum absolute atomic E-state index is 12.0. The Morgan fingerprint density at radius 2 is 1.96 bits per heavy atom. The predicted octanol–water partition coefficient (Wildman–Crippen LogP) is -1.46. The molecule has 1 heterocycles. The Morgan fingerprint density at radius 3 is 2.46 bits per heavy atom. The minimum Gasteiger partial charge on any atom is -0.510 e. The zero-order chi connectivity index (χ0) is 19.9. The third-order valence-electron chi connectivity index (χ3n) is 3.08. The van der Waals surface area contributed by atoms with Gasteiger partial charge < -0.3 is 36.6 Å². The molecule has 9 N–H and O–H groups in total. The van der Waals surface area contributed by atoms with Crippen molar-refractivity contribution in [3.8, 4) is 0 Å². The number of aliphatic hydroxyl groups is 2. The van der Waals surface area contributed by atoms with Crippen molar-refractivity contribution < 1.29 is 34.2 Å². The lowest BCUT2D eigenvalue weighted by Crippen LogP contribution is -2.40. The zero-order valence-electron chi connectivity index (χ0n) is 13.8. The van der Waals surface area contributed by atoms with Gasteiger partial charge >= 0.3 is 12.0 Å². The fraction of sp³-hybridized carbons (Fsp3) is 0.462. The van der Waals surface area contributed by atoms with E-state index in [-0.39, 0.29) is 24.6 Å². The van der Waals surface area contributed by atoms with Gasteiger partial charge in [-0.2, -0.15) is 4.98 Å². The van der Waals surface area contributed by atoms with Gasteiger partial charge in [-0.1, -0.05) is 5.16 Å². The molecule has 0 aromatic carbocycles. The number of aromatic nitrogens is 2. The second-order valence-corrected chi connectivity index (χ2v) is 5.20. The number of rotatable bonds is 9. The molecule has 0 saturated carbocycles. The lowest BCUT2D eigenvalue weighted by molar-refractivity contribution is -0.133. The molecule has 3 amide bonds. The fourth-order valence-electron chi connectivity index (χ4n) is 1.77. The summed E-state index contributed by atoms with van der Waals surface area (Å²) in [5.74, 6) is -2.97. The average Bonchev–Trinajstić information content (AvgIpc) is 3.04. The van der Waals surface area contributed by atoms with E-state index in [0.29, 0.717) is 0 Å². The second-order valence-electron chi connectivity index (χ2n) is 5.20. The Morgan fingerprint density at radius 1 is 1.31 bits per heavy atom. The smallest absolute Gasteiger partial charge is 0.355 e. The predicted molar refractivity (Wildman–Crippen MR) is 84.1 cm³/mol. The summed E-state index contributed by atoms with van der Waals surface area (Å²) < 4.78 is 4.96. The van der Waals surface area contributed by atoms with Crippen LogP contribution in [0.5, 0.6) is 0 Å². The van der Waals surface area contributed by atoms with Gasteiger partial charge in [0.2, 0.25) is 11.8 Å². The van der Waals surface area contributed by atoms with E-state index in [9.17, 15) is 19.5 Å². The van der Waals surface area contributed by atoms with Gasteiger partial charge in [0.25, 0.3) is 0 Å². The number of amides is 3. The van der Waals surface area contributed by atoms with Gasteiger partial charge in [0, 0.05) is 6.42 Å². The highest BCUT2D eigenvalue weighted by Gasteiger charge is 2.25. The van der Waals surface area contributed by atoms with Crippen LogP contribution < -0.4 is 22.1 Å². The van der Waals surface area contributed by atoms with Crippen molar-refractivity contribution in [1.29, 1.82) is 0 Å². The van der Waals surface area contributed by atoms with E-state index < -0.39 is 48.1 Å². The van der Waals surface area contributed by atoms with Crippen LogP contribution in [0.15, 0.2) is 16.0 Å². The average molecular weight is 372 g/mol. The highest BCUT2D eigenvalue weighted by Crippen LogP contribution is 2.18. The van der Waals surface area contributed by atoms with Crippen LogP contribution in [0.1, 0.15) is 43.6 Å². The normalized spacial score (nSPS) is 14.1. The maximum atomic E-state index is 12.0. The number of allylic oxidation sites excluding steroid dienone is 1. The molecule has 26 heavy (non-hydrogen) atoms. The standard InChI is InChI=1S/C13H20N6O7/c1-5(21)9(12(23)24)17-13(25)16-7(2-3-8(15)22)11-18-10(19-26-11)6(14)4-20/h6-7,20-21H,2-4,14H2,1H3,(H2,15,22)(H,23,24)(H2,16,17,25)/b9-5+/t6-,7-/m0/s1. The van der Waals surface area contributed by atoms with Crippen molar-refractivity contribution >= 4 is 17.9 Å². The minimum atomic E-state index is -1.55. The van der Waals surface area contributed by atoms with Crippen LogP contribution in [0.2, 0.25) is 0 Å². The van der Waals surface area contributed by atoms with E-state index in [4.69, 9.17) is 26.2 Å². The number of primary amides is 1. The van der Waals surface area contributed by atoms with Gasteiger partial charge in [-0.05, 0) is 13.3 Å². The molecular weight excluding hydrogens is 352 g/mol. The van der Waals surface area contributed by atoms with E-state index in [1.807, 2.05) is 5.32 Å². The molecule has 0 spiro atoms. The molecule has 13 nitrogen and oxygen atoms in total. The van der Waals surface area contributed by atoms with Gasteiger partial charge in [-0.3, -0.25) is 10.1 Å². The lowest BCUT2D eigenvalue weighted by atomic mass is 10.1. The molecule has 1 aromatic heterocycles. The Bertz CT molecular complexity index is 697. The third kappa shape index (κ3) is 6.03. The first-order valence-electron chi connectivity index (χ1n) is 7.34. The molecule has 13 heteroatoms. The van der Waals surface area contributed by atoms with Crippen LogP contribution in [0.3, 0.4) is 0 Å². The van der Waals surface area contributed by atoms with Crippen LogP contribution in [0.25, 0.3) is 0 Å². The number of carboxylic acids is 1. The number of nitrogens with two attached hydrogens (primary N) is 2. The first-order chi connectivity index (χ1) is 12.1. The Kier molecular flexibility index (Phi) is 7.49. The number of carbonyl (C=O) groups is 3. The van der Waals surface area contributed by atoms with Crippen molar-refractivity contribution in [1.82, 2.24) is 20.8 Å². The molecule has 0 bridgehead atoms. The van der Waals surface area contributed by atoms with E-state index in [2.05, 4.69) is 15.5 Å². The number of nitrogens with one attached hydrogen (secondary N) is 2. The SMILES string of the molecule is C/C(O)=C(\NC(=O)N[C@@H](CCC(N)=O)c1nc([C@@H](N)CO)no1)C(=O)O. The molecule has 0 unspecified atom stereocenters. The first-order valence-corrected chi connectivity index (χ1v) is 7.34. The fourth-order valence-corrected chi connectivity index (χ4v) is 1.77. The van der Waals surface area contributed by atoms with Crippen molar-refractivity contribution in [3.63, 3.8) is 0 Å². The number of carboxylic acid groups (broad SMARTS) is 1. The summed E-state index contributed by atoms with van der Waals surface area (Å²) in [5.41, 5.74) is 9.90. The summed E-state index contributed by atoms with van der Waals surface area (Å²) in [4.78, 5) is 37.9. The molecule has 144 valence electrons. The van der Waals surface area contributed by atoms with Gasteiger partial charge in [-0.25, -0.2) is 9.59 Å². The maximum Gasteiger partial charge on any atom is 0.355 e. The minimum absolute atomic E-state index is 0.0221. The summed E-state index contributed by atoms with van der Waals surface area (Å²) in [6.07, 6.45) is -0.168. The third-order valence-corrected chi connectivity index (χ3v) is 3.08. The highest BCUT2D eigenvalue weighted by atomic mass is 16.5. The van der Waals surface area contributed by atoms with Gasteiger partial charge in [0.1, 0.15) is 11.8 Å². The van der Waals surface area contributed by atoms with Crippen LogP contribution in [-0.4, -0.2) is 50.0 Å². The van der Waals surface area contributed by atoms with Gasteiger partial charge in [0.15, 0.2) is 11.5 Å². The highest BCUT2D eigenvalue weighted by molar-refractivity contribution is 5.92. The van der Waals surface area contributed by atoms with E-state index in [1.165, 1.54) is 0 Å². The topological polar surface area (TPSA) is 227 Å².